The molecule has 0 radical (unpaired) electrons. The van der Waals surface area contributed by atoms with E-state index in [0.717, 1.165) is 35.5 Å². The quantitative estimate of drug-likeness (QED) is 0.636. The third-order valence-corrected chi connectivity index (χ3v) is 4.66. The molecule has 0 unspecified atom stereocenters. The fraction of sp³-hybridized carbons (Fsp3) is 0.231. The summed E-state index contributed by atoms with van der Waals surface area (Å²) >= 11 is 19.7. The predicted octanol–water partition coefficient (Wildman–Crippen LogP) is 4.78. The molecular weight excluding hydrogens is 337 g/mol. The summed E-state index contributed by atoms with van der Waals surface area (Å²) in [6.07, 6.45) is 0.832. The molecule has 104 valence electrons. The zero-order valence-corrected chi connectivity index (χ0v) is 13.4. The van der Waals surface area contributed by atoms with Gasteiger partial charge in [0.2, 0.25) is 0 Å². The lowest BCUT2D eigenvalue weighted by molar-refractivity contribution is 0.680. The first kappa shape index (κ1) is 14.1. The van der Waals surface area contributed by atoms with Crippen molar-refractivity contribution in [2.24, 2.45) is 0 Å². The molecule has 0 bridgehead atoms. The molecule has 0 amide bonds. The number of hydrogen-bond acceptors (Lipinski definition) is 3. The van der Waals surface area contributed by atoms with Gasteiger partial charge in [-0.15, -0.1) is 22.9 Å². The molecular formula is C13H10Cl3N3S. The molecule has 20 heavy (non-hydrogen) atoms. The Bertz CT molecular complexity index is 737. The van der Waals surface area contributed by atoms with Gasteiger partial charge in [0.15, 0.2) is 0 Å². The highest BCUT2D eigenvalue weighted by Gasteiger charge is 2.12. The number of thiazole rings is 1. The van der Waals surface area contributed by atoms with Crippen LogP contribution in [0.4, 0.5) is 0 Å². The van der Waals surface area contributed by atoms with E-state index in [-0.39, 0.29) is 0 Å². The van der Waals surface area contributed by atoms with E-state index in [2.05, 4.69) is 14.5 Å². The van der Waals surface area contributed by atoms with Crippen LogP contribution in [0.5, 0.6) is 0 Å². The Morgan fingerprint density at radius 2 is 2.00 bits per heavy atom. The molecule has 3 aromatic rings. The van der Waals surface area contributed by atoms with Crippen LogP contribution >= 0.6 is 46.1 Å². The highest BCUT2D eigenvalue weighted by molar-refractivity contribution is 7.07. The van der Waals surface area contributed by atoms with Gasteiger partial charge in [-0.1, -0.05) is 23.2 Å². The van der Waals surface area contributed by atoms with Crippen LogP contribution in [-0.4, -0.2) is 14.5 Å². The number of imidazole rings is 1. The summed E-state index contributed by atoms with van der Waals surface area (Å²) in [4.78, 5) is 8.79. The van der Waals surface area contributed by atoms with Crippen molar-refractivity contribution in [3.63, 3.8) is 0 Å². The highest BCUT2D eigenvalue weighted by atomic mass is 35.5. The van der Waals surface area contributed by atoms with Gasteiger partial charge in [0.25, 0.3) is 0 Å². The average molecular weight is 347 g/mol. The van der Waals surface area contributed by atoms with Gasteiger partial charge in [-0.2, -0.15) is 0 Å². The van der Waals surface area contributed by atoms with Crippen LogP contribution in [0, 0.1) is 0 Å². The topological polar surface area (TPSA) is 30.7 Å². The second-order valence-electron chi connectivity index (χ2n) is 4.30. The first-order valence-electron chi connectivity index (χ1n) is 5.96. The van der Waals surface area contributed by atoms with Crippen molar-refractivity contribution in [2.75, 3.05) is 0 Å². The van der Waals surface area contributed by atoms with Crippen molar-refractivity contribution in [3.05, 3.63) is 44.6 Å². The Morgan fingerprint density at radius 1 is 1.20 bits per heavy atom. The lowest BCUT2D eigenvalue weighted by Gasteiger charge is -2.07. The van der Waals surface area contributed by atoms with Crippen molar-refractivity contribution in [2.45, 2.75) is 18.8 Å². The molecule has 0 aliphatic rings. The first-order chi connectivity index (χ1) is 9.69. The van der Waals surface area contributed by atoms with E-state index >= 15 is 0 Å². The normalized spacial score (nSPS) is 11.3. The van der Waals surface area contributed by atoms with Crippen molar-refractivity contribution >= 4 is 57.2 Å². The summed E-state index contributed by atoms with van der Waals surface area (Å²) in [6, 6.07) is 3.61. The van der Waals surface area contributed by atoms with Crippen LogP contribution in [0.2, 0.25) is 10.0 Å². The maximum atomic E-state index is 6.10. The number of nitrogens with zero attached hydrogens (tertiary/aromatic N) is 3. The molecule has 3 nitrogen and oxygen atoms in total. The van der Waals surface area contributed by atoms with Gasteiger partial charge in [0.1, 0.15) is 5.82 Å². The Hall–Kier alpha value is -0.810. The van der Waals surface area contributed by atoms with Crippen LogP contribution in [0.1, 0.15) is 11.5 Å². The Labute approximate surface area is 135 Å². The number of hydrogen-bond donors (Lipinski definition) is 0. The summed E-state index contributed by atoms with van der Waals surface area (Å²) in [6.45, 7) is 0.764. The van der Waals surface area contributed by atoms with Gasteiger partial charge in [0, 0.05) is 18.3 Å². The largest absolute Gasteiger partial charge is 0.327 e. The molecule has 0 spiro atoms. The SMILES string of the molecule is ClCc1nc2cc(Cl)c(Cl)cc2n1CCc1cscn1. The molecule has 1 aromatic carbocycles. The monoisotopic (exact) mass is 345 g/mol. The molecule has 3 rings (SSSR count). The minimum absolute atomic E-state index is 0.348. The van der Waals surface area contributed by atoms with Gasteiger partial charge >= 0.3 is 0 Å². The van der Waals surface area contributed by atoms with Crippen molar-refractivity contribution in [1.82, 2.24) is 14.5 Å². The molecule has 0 saturated heterocycles. The lowest BCUT2D eigenvalue weighted by Crippen LogP contribution is -2.05. The van der Waals surface area contributed by atoms with Gasteiger partial charge < -0.3 is 4.57 Å². The van der Waals surface area contributed by atoms with Crippen molar-refractivity contribution < 1.29 is 0 Å². The number of rotatable bonds is 4. The molecule has 0 N–H and O–H groups in total. The zero-order chi connectivity index (χ0) is 14.1. The molecule has 0 saturated carbocycles. The molecule has 0 aliphatic heterocycles. The predicted molar refractivity (Wildman–Crippen MR) is 85.1 cm³/mol. The molecule has 7 heteroatoms. The number of fused-ring (bicyclic) bond motifs is 1. The van der Waals surface area contributed by atoms with Crippen LogP contribution in [0.3, 0.4) is 0 Å². The van der Waals surface area contributed by atoms with E-state index < -0.39 is 0 Å². The van der Waals surface area contributed by atoms with Gasteiger partial charge in [-0.3, -0.25) is 0 Å². The molecule has 2 heterocycles. The maximum Gasteiger partial charge on any atom is 0.124 e. The van der Waals surface area contributed by atoms with Crippen LogP contribution in [0.25, 0.3) is 11.0 Å². The summed E-state index contributed by atoms with van der Waals surface area (Å²) in [5.74, 6) is 1.16. The number of halogens is 3. The number of alkyl halides is 1. The Morgan fingerprint density at radius 3 is 2.70 bits per heavy atom. The second-order valence-corrected chi connectivity index (χ2v) is 6.10. The summed E-state index contributed by atoms with van der Waals surface area (Å²) in [7, 11) is 0. The standard InChI is InChI=1S/C13H10Cl3N3S/c14-5-13-18-11-3-9(15)10(16)4-12(11)19(13)2-1-8-6-20-7-17-8/h3-4,6-7H,1-2,5H2. The van der Waals surface area contributed by atoms with E-state index in [0.29, 0.717) is 15.9 Å². The van der Waals surface area contributed by atoms with E-state index in [9.17, 15) is 0 Å². The van der Waals surface area contributed by atoms with E-state index in [4.69, 9.17) is 34.8 Å². The van der Waals surface area contributed by atoms with Gasteiger partial charge in [-0.25, -0.2) is 9.97 Å². The summed E-state index contributed by atoms with van der Waals surface area (Å²) in [5.41, 5.74) is 4.66. The molecule has 0 fully saturated rings. The Kier molecular flexibility index (Phi) is 4.17. The minimum atomic E-state index is 0.348. The van der Waals surface area contributed by atoms with Crippen molar-refractivity contribution in [1.29, 1.82) is 0 Å². The van der Waals surface area contributed by atoms with E-state index in [1.165, 1.54) is 0 Å². The third kappa shape index (κ3) is 2.66. The molecule has 0 atom stereocenters. The number of aryl methyl sites for hydroxylation is 2. The lowest BCUT2D eigenvalue weighted by atomic mass is 10.3. The van der Waals surface area contributed by atoms with Crippen molar-refractivity contribution in [3.8, 4) is 0 Å². The first-order valence-corrected chi connectivity index (χ1v) is 8.19. The van der Waals surface area contributed by atoms with Crippen LogP contribution < -0.4 is 0 Å². The van der Waals surface area contributed by atoms with Crippen LogP contribution in [-0.2, 0) is 18.8 Å². The molecule has 2 aromatic heterocycles. The minimum Gasteiger partial charge on any atom is -0.327 e. The summed E-state index contributed by atoms with van der Waals surface area (Å²) < 4.78 is 2.07. The van der Waals surface area contributed by atoms with Gasteiger partial charge in [0.05, 0.1) is 38.2 Å². The highest BCUT2D eigenvalue weighted by Crippen LogP contribution is 2.29. The Balaban J connectivity index is 2.01. The maximum absolute atomic E-state index is 6.10. The fourth-order valence-corrected chi connectivity index (χ4v) is 3.22. The average Bonchev–Trinajstić information content (AvgIpc) is 3.05. The van der Waals surface area contributed by atoms with Crippen LogP contribution in [0.15, 0.2) is 23.0 Å². The zero-order valence-electron chi connectivity index (χ0n) is 10.3. The smallest absolute Gasteiger partial charge is 0.124 e. The summed E-state index contributed by atoms with van der Waals surface area (Å²) in [5, 5.41) is 3.07. The van der Waals surface area contributed by atoms with Gasteiger partial charge in [-0.05, 0) is 12.1 Å². The number of aromatic nitrogens is 3. The van der Waals surface area contributed by atoms with E-state index in [1.807, 2.05) is 17.0 Å². The van der Waals surface area contributed by atoms with E-state index in [1.54, 1.807) is 17.4 Å². The number of benzene rings is 1. The fourth-order valence-electron chi connectivity index (χ4n) is 2.11. The molecule has 0 aliphatic carbocycles. The second kappa shape index (κ2) is 5.90. The third-order valence-electron chi connectivity index (χ3n) is 3.06.